The zero-order chi connectivity index (χ0) is 16.0. The second-order valence-electron chi connectivity index (χ2n) is 4.97. The summed E-state index contributed by atoms with van der Waals surface area (Å²) in [7, 11) is 0. The summed E-state index contributed by atoms with van der Waals surface area (Å²) in [5.41, 5.74) is 0.964. The van der Waals surface area contributed by atoms with Crippen molar-refractivity contribution < 1.29 is 19.4 Å². The molecule has 0 aliphatic rings. The molecule has 0 aliphatic heterocycles. The van der Waals surface area contributed by atoms with Crippen LogP contribution in [0.3, 0.4) is 0 Å². The molecule has 0 saturated heterocycles. The fourth-order valence-corrected chi connectivity index (χ4v) is 1.89. The van der Waals surface area contributed by atoms with Crippen molar-refractivity contribution in [3.63, 3.8) is 0 Å². The van der Waals surface area contributed by atoms with Crippen molar-refractivity contribution in [1.29, 1.82) is 0 Å². The van der Waals surface area contributed by atoms with Gasteiger partial charge < -0.3 is 20.5 Å². The van der Waals surface area contributed by atoms with Crippen LogP contribution in [0.1, 0.15) is 31.2 Å². The minimum absolute atomic E-state index is 0.00874. The van der Waals surface area contributed by atoms with Gasteiger partial charge >= 0.3 is 12.1 Å². The molecule has 122 valence electrons. The van der Waals surface area contributed by atoms with Crippen LogP contribution in [0.4, 0.5) is 4.79 Å². The highest BCUT2D eigenvalue weighted by atomic mass is 16.5. The Morgan fingerprint density at radius 2 is 1.68 bits per heavy atom. The van der Waals surface area contributed by atoms with Crippen molar-refractivity contribution >= 4 is 12.1 Å². The first-order chi connectivity index (χ1) is 10.7. The number of nitrogens with one attached hydrogen (secondary N) is 2. The molecule has 6 heteroatoms. The third kappa shape index (κ3) is 9.77. The Balaban J connectivity index is 1.89. The molecule has 0 saturated carbocycles. The predicted octanol–water partition coefficient (Wildman–Crippen LogP) is 2.15. The molecule has 0 aromatic heterocycles. The van der Waals surface area contributed by atoms with Gasteiger partial charge in [-0.25, -0.2) is 4.79 Å². The average Bonchev–Trinajstić information content (AvgIpc) is 2.52. The number of unbranched alkanes of at least 4 members (excludes halogenated alkanes) is 3. The van der Waals surface area contributed by atoms with Gasteiger partial charge in [0, 0.05) is 6.54 Å². The lowest BCUT2D eigenvalue weighted by atomic mass is 10.2. The van der Waals surface area contributed by atoms with E-state index in [1.54, 1.807) is 0 Å². The molecule has 6 nitrogen and oxygen atoms in total. The molecule has 3 N–H and O–H groups in total. The molecular formula is C16H24N2O4. The third-order valence-electron chi connectivity index (χ3n) is 3.04. The smallest absolute Gasteiger partial charge is 0.407 e. The maximum Gasteiger partial charge on any atom is 0.407 e. The molecule has 1 rings (SSSR count). The van der Waals surface area contributed by atoms with Gasteiger partial charge in [-0.1, -0.05) is 43.2 Å². The number of hydrogen-bond donors (Lipinski definition) is 3. The van der Waals surface area contributed by atoms with Gasteiger partial charge in [-0.05, 0) is 24.9 Å². The van der Waals surface area contributed by atoms with Crippen LogP contribution in [0, 0.1) is 0 Å². The number of rotatable bonds is 11. The Morgan fingerprint density at radius 3 is 2.36 bits per heavy atom. The summed E-state index contributed by atoms with van der Waals surface area (Å²) in [5.74, 6) is -0.835. The van der Waals surface area contributed by atoms with Crippen LogP contribution >= 0.6 is 0 Å². The number of carbonyl (C=O) groups excluding carboxylic acids is 1. The van der Waals surface area contributed by atoms with Crippen molar-refractivity contribution in [1.82, 2.24) is 10.6 Å². The number of carboxylic acids is 1. The van der Waals surface area contributed by atoms with Crippen LogP contribution in [0.5, 0.6) is 0 Å². The molecule has 1 aromatic rings. The van der Waals surface area contributed by atoms with Gasteiger partial charge in [0.25, 0.3) is 0 Å². The zero-order valence-corrected chi connectivity index (χ0v) is 12.7. The average molecular weight is 308 g/mol. The maximum absolute atomic E-state index is 11.5. The quantitative estimate of drug-likeness (QED) is 0.545. The van der Waals surface area contributed by atoms with Crippen LogP contribution in [0.2, 0.25) is 0 Å². The van der Waals surface area contributed by atoms with Gasteiger partial charge in [0.15, 0.2) is 0 Å². The van der Waals surface area contributed by atoms with Crippen molar-refractivity contribution in [2.45, 2.75) is 32.3 Å². The molecule has 0 fully saturated rings. The van der Waals surface area contributed by atoms with Gasteiger partial charge in [0.1, 0.15) is 6.61 Å². The van der Waals surface area contributed by atoms with E-state index in [-0.39, 0.29) is 13.2 Å². The lowest BCUT2D eigenvalue weighted by Gasteiger charge is -2.07. The second-order valence-corrected chi connectivity index (χ2v) is 4.97. The van der Waals surface area contributed by atoms with E-state index in [0.29, 0.717) is 13.1 Å². The van der Waals surface area contributed by atoms with Crippen LogP contribution in [0.15, 0.2) is 30.3 Å². The Bertz CT molecular complexity index is 437. The van der Waals surface area contributed by atoms with E-state index in [4.69, 9.17) is 9.84 Å². The first-order valence-electron chi connectivity index (χ1n) is 7.55. The highest BCUT2D eigenvalue weighted by Gasteiger charge is 2.01. The molecule has 0 radical (unpaired) electrons. The van der Waals surface area contributed by atoms with E-state index in [2.05, 4.69) is 10.6 Å². The number of carbonyl (C=O) groups is 2. The van der Waals surface area contributed by atoms with Crippen molar-refractivity contribution in [3.05, 3.63) is 35.9 Å². The lowest BCUT2D eigenvalue weighted by molar-refractivity contribution is -0.135. The van der Waals surface area contributed by atoms with Crippen LogP contribution < -0.4 is 10.6 Å². The number of amides is 1. The monoisotopic (exact) mass is 308 g/mol. The van der Waals surface area contributed by atoms with E-state index < -0.39 is 12.1 Å². The van der Waals surface area contributed by atoms with Gasteiger partial charge in [0.2, 0.25) is 0 Å². The standard InChI is InChI=1S/C16H24N2O4/c19-15(20)12-17-10-6-1-2-7-11-18-16(21)22-13-14-8-4-3-5-9-14/h3-5,8-9,17H,1-2,6-7,10-13H2,(H,18,21)(H,19,20). The Kier molecular flexibility index (Phi) is 9.45. The molecular weight excluding hydrogens is 284 g/mol. The van der Waals surface area contributed by atoms with E-state index in [0.717, 1.165) is 31.2 Å². The molecule has 1 aromatic carbocycles. The van der Waals surface area contributed by atoms with E-state index >= 15 is 0 Å². The van der Waals surface area contributed by atoms with Gasteiger partial charge in [-0.15, -0.1) is 0 Å². The molecule has 0 aliphatic carbocycles. The molecule has 0 spiro atoms. The molecule has 0 atom stereocenters. The summed E-state index contributed by atoms with van der Waals surface area (Å²) in [6, 6.07) is 9.54. The predicted molar refractivity (Wildman–Crippen MR) is 83.6 cm³/mol. The largest absolute Gasteiger partial charge is 0.480 e. The number of carboxylic acid groups (broad SMARTS) is 1. The Hall–Kier alpha value is -2.08. The minimum Gasteiger partial charge on any atom is -0.480 e. The van der Waals surface area contributed by atoms with Crippen LogP contribution in [-0.2, 0) is 16.1 Å². The first-order valence-corrected chi connectivity index (χ1v) is 7.55. The van der Waals surface area contributed by atoms with E-state index in [9.17, 15) is 9.59 Å². The normalized spacial score (nSPS) is 10.2. The Morgan fingerprint density at radius 1 is 1.00 bits per heavy atom. The highest BCUT2D eigenvalue weighted by molar-refractivity contribution is 5.69. The number of benzene rings is 1. The van der Waals surface area contributed by atoms with Crippen molar-refractivity contribution in [2.24, 2.45) is 0 Å². The molecule has 0 unspecified atom stereocenters. The highest BCUT2D eigenvalue weighted by Crippen LogP contribution is 2.01. The molecule has 0 heterocycles. The van der Waals surface area contributed by atoms with Crippen molar-refractivity contribution in [2.75, 3.05) is 19.6 Å². The summed E-state index contributed by atoms with van der Waals surface area (Å²) in [5, 5.41) is 14.0. The second kappa shape index (κ2) is 11.6. The zero-order valence-electron chi connectivity index (χ0n) is 12.7. The summed E-state index contributed by atoms with van der Waals surface area (Å²) in [6.07, 6.45) is 3.43. The fraction of sp³-hybridized carbons (Fsp3) is 0.500. The van der Waals surface area contributed by atoms with E-state index in [1.165, 1.54) is 0 Å². The van der Waals surface area contributed by atoms with E-state index in [1.807, 2.05) is 30.3 Å². The SMILES string of the molecule is O=C(O)CNCCCCCCNC(=O)OCc1ccccc1. The molecule has 1 amide bonds. The topological polar surface area (TPSA) is 87.7 Å². The summed E-state index contributed by atoms with van der Waals surface area (Å²) < 4.78 is 5.09. The first kappa shape index (κ1) is 18.0. The van der Waals surface area contributed by atoms with Crippen molar-refractivity contribution in [3.8, 4) is 0 Å². The number of hydrogen-bond acceptors (Lipinski definition) is 4. The fourth-order valence-electron chi connectivity index (χ4n) is 1.89. The van der Waals surface area contributed by atoms with Crippen LogP contribution in [-0.4, -0.2) is 36.8 Å². The number of alkyl carbamates (subject to hydrolysis) is 1. The summed E-state index contributed by atoms with van der Waals surface area (Å²) in [6.45, 7) is 1.59. The molecule has 0 bridgehead atoms. The summed E-state index contributed by atoms with van der Waals surface area (Å²) in [4.78, 5) is 21.7. The Labute approximate surface area is 130 Å². The summed E-state index contributed by atoms with van der Waals surface area (Å²) >= 11 is 0. The van der Waals surface area contributed by atoms with Gasteiger partial charge in [0.05, 0.1) is 6.54 Å². The third-order valence-corrected chi connectivity index (χ3v) is 3.04. The van der Waals surface area contributed by atoms with Gasteiger partial charge in [-0.2, -0.15) is 0 Å². The number of aliphatic carboxylic acids is 1. The maximum atomic E-state index is 11.5. The van der Waals surface area contributed by atoms with Gasteiger partial charge in [-0.3, -0.25) is 4.79 Å². The minimum atomic E-state index is -0.835. The number of ether oxygens (including phenoxy) is 1. The molecule has 22 heavy (non-hydrogen) atoms. The lowest BCUT2D eigenvalue weighted by Crippen LogP contribution is -2.25. The van der Waals surface area contributed by atoms with Crippen LogP contribution in [0.25, 0.3) is 0 Å².